The quantitative estimate of drug-likeness (QED) is 0.770. The monoisotopic (exact) mass is 282 g/mol. The second kappa shape index (κ2) is 7.13. The predicted molar refractivity (Wildman–Crippen MR) is 80.9 cm³/mol. The first-order valence-electron chi connectivity index (χ1n) is 7.12. The van der Waals surface area contributed by atoms with Gasteiger partial charge in [0.2, 0.25) is 0 Å². The van der Waals surface area contributed by atoms with Crippen molar-refractivity contribution in [2.24, 2.45) is 0 Å². The fourth-order valence-corrected chi connectivity index (χ4v) is 2.43. The van der Waals surface area contributed by atoms with Crippen molar-refractivity contribution in [1.82, 2.24) is 5.32 Å². The van der Waals surface area contributed by atoms with Crippen molar-refractivity contribution < 1.29 is 5.11 Å². The molecule has 2 N–H and O–H groups in total. The van der Waals surface area contributed by atoms with Gasteiger partial charge in [0.05, 0.1) is 6.61 Å². The standard InChI is InChI=1S/C15H23ClN2O/c1-2-7-18(8-9-19)15-10-13(16)4-3-12(15)11-17-14-5-6-14/h3-4,10,14,17,19H,2,5-9,11H2,1H3. The molecule has 1 fully saturated rings. The summed E-state index contributed by atoms with van der Waals surface area (Å²) < 4.78 is 0. The first kappa shape index (κ1) is 14.6. The van der Waals surface area contributed by atoms with E-state index in [4.69, 9.17) is 11.6 Å². The molecule has 0 radical (unpaired) electrons. The molecule has 0 atom stereocenters. The molecule has 0 amide bonds. The Morgan fingerprint density at radius 2 is 2.16 bits per heavy atom. The number of aliphatic hydroxyl groups is 1. The largest absolute Gasteiger partial charge is 0.395 e. The lowest BCUT2D eigenvalue weighted by molar-refractivity contribution is 0.301. The number of anilines is 1. The third-order valence-corrected chi connectivity index (χ3v) is 3.65. The van der Waals surface area contributed by atoms with Crippen molar-refractivity contribution in [3.05, 3.63) is 28.8 Å². The Morgan fingerprint density at radius 3 is 2.79 bits per heavy atom. The van der Waals surface area contributed by atoms with Crippen molar-refractivity contribution in [2.45, 2.75) is 38.8 Å². The van der Waals surface area contributed by atoms with Crippen LogP contribution in [-0.2, 0) is 6.54 Å². The minimum Gasteiger partial charge on any atom is -0.395 e. The zero-order valence-electron chi connectivity index (χ0n) is 11.5. The maximum atomic E-state index is 9.22. The first-order valence-corrected chi connectivity index (χ1v) is 7.50. The Bertz CT molecular complexity index is 401. The maximum absolute atomic E-state index is 9.22. The van der Waals surface area contributed by atoms with Gasteiger partial charge in [0.1, 0.15) is 0 Å². The number of nitrogens with zero attached hydrogens (tertiary/aromatic N) is 1. The normalized spacial score (nSPS) is 14.7. The van der Waals surface area contributed by atoms with Gasteiger partial charge in [0, 0.05) is 36.4 Å². The lowest BCUT2D eigenvalue weighted by Gasteiger charge is -2.26. The Morgan fingerprint density at radius 1 is 1.37 bits per heavy atom. The van der Waals surface area contributed by atoms with Gasteiger partial charge < -0.3 is 15.3 Å². The van der Waals surface area contributed by atoms with E-state index in [9.17, 15) is 5.11 Å². The second-order valence-electron chi connectivity index (χ2n) is 5.14. The molecule has 4 heteroatoms. The highest BCUT2D eigenvalue weighted by Gasteiger charge is 2.21. The smallest absolute Gasteiger partial charge is 0.0606 e. The summed E-state index contributed by atoms with van der Waals surface area (Å²) in [5, 5.41) is 13.5. The van der Waals surface area contributed by atoms with Crippen molar-refractivity contribution in [2.75, 3.05) is 24.6 Å². The van der Waals surface area contributed by atoms with Gasteiger partial charge in [-0.05, 0) is 37.0 Å². The minimum absolute atomic E-state index is 0.169. The molecular weight excluding hydrogens is 260 g/mol. The van der Waals surface area contributed by atoms with E-state index in [1.165, 1.54) is 18.4 Å². The lowest BCUT2D eigenvalue weighted by Crippen LogP contribution is -2.29. The Kier molecular flexibility index (Phi) is 5.49. The molecule has 1 aromatic carbocycles. The molecule has 1 aliphatic carbocycles. The van der Waals surface area contributed by atoms with E-state index >= 15 is 0 Å². The van der Waals surface area contributed by atoms with Crippen LogP contribution in [0.4, 0.5) is 5.69 Å². The van der Waals surface area contributed by atoms with E-state index in [1.807, 2.05) is 12.1 Å². The zero-order chi connectivity index (χ0) is 13.7. The molecule has 0 aliphatic heterocycles. The summed E-state index contributed by atoms with van der Waals surface area (Å²) in [4.78, 5) is 2.22. The minimum atomic E-state index is 0.169. The molecule has 19 heavy (non-hydrogen) atoms. The average Bonchev–Trinajstić information content (AvgIpc) is 3.21. The van der Waals surface area contributed by atoms with Gasteiger partial charge in [-0.1, -0.05) is 24.6 Å². The number of hydrogen-bond acceptors (Lipinski definition) is 3. The topological polar surface area (TPSA) is 35.5 Å². The van der Waals surface area contributed by atoms with E-state index < -0.39 is 0 Å². The molecule has 0 unspecified atom stereocenters. The van der Waals surface area contributed by atoms with Gasteiger partial charge in [0.15, 0.2) is 0 Å². The van der Waals surface area contributed by atoms with Crippen LogP contribution < -0.4 is 10.2 Å². The third kappa shape index (κ3) is 4.37. The zero-order valence-corrected chi connectivity index (χ0v) is 12.3. The van der Waals surface area contributed by atoms with E-state index in [0.29, 0.717) is 12.6 Å². The molecule has 0 spiro atoms. The summed E-state index contributed by atoms with van der Waals surface area (Å²) >= 11 is 6.13. The summed E-state index contributed by atoms with van der Waals surface area (Å²) in [5.74, 6) is 0. The van der Waals surface area contributed by atoms with Crippen LogP contribution in [0.5, 0.6) is 0 Å². The number of aliphatic hydroxyl groups excluding tert-OH is 1. The molecule has 0 heterocycles. The van der Waals surface area contributed by atoms with Crippen LogP contribution in [0.3, 0.4) is 0 Å². The third-order valence-electron chi connectivity index (χ3n) is 3.41. The number of hydrogen-bond donors (Lipinski definition) is 2. The van der Waals surface area contributed by atoms with Gasteiger partial charge in [-0.2, -0.15) is 0 Å². The Balaban J connectivity index is 2.14. The Hall–Kier alpha value is -0.770. The van der Waals surface area contributed by atoms with E-state index in [0.717, 1.165) is 30.2 Å². The van der Waals surface area contributed by atoms with Crippen molar-refractivity contribution in [3.8, 4) is 0 Å². The molecule has 106 valence electrons. The lowest BCUT2D eigenvalue weighted by atomic mass is 10.1. The van der Waals surface area contributed by atoms with E-state index in [1.54, 1.807) is 0 Å². The highest BCUT2D eigenvalue weighted by Crippen LogP contribution is 2.27. The summed E-state index contributed by atoms with van der Waals surface area (Å²) in [6.45, 7) is 4.80. The molecule has 0 saturated heterocycles. The van der Waals surface area contributed by atoms with Gasteiger partial charge in [0.25, 0.3) is 0 Å². The highest BCUT2D eigenvalue weighted by molar-refractivity contribution is 6.30. The summed E-state index contributed by atoms with van der Waals surface area (Å²) in [5.41, 5.74) is 2.41. The van der Waals surface area contributed by atoms with Crippen LogP contribution in [-0.4, -0.2) is 30.8 Å². The van der Waals surface area contributed by atoms with Crippen LogP contribution in [0.25, 0.3) is 0 Å². The molecule has 1 saturated carbocycles. The number of rotatable bonds is 8. The summed E-state index contributed by atoms with van der Waals surface area (Å²) in [7, 11) is 0. The van der Waals surface area contributed by atoms with Crippen LogP contribution >= 0.6 is 11.6 Å². The molecule has 0 aromatic heterocycles. The van der Waals surface area contributed by atoms with Crippen LogP contribution in [0.1, 0.15) is 31.7 Å². The van der Waals surface area contributed by atoms with Crippen molar-refractivity contribution >= 4 is 17.3 Å². The number of halogens is 1. The van der Waals surface area contributed by atoms with Crippen LogP contribution in [0.15, 0.2) is 18.2 Å². The van der Waals surface area contributed by atoms with Crippen molar-refractivity contribution in [1.29, 1.82) is 0 Å². The SMILES string of the molecule is CCCN(CCO)c1cc(Cl)ccc1CNC1CC1. The van der Waals surface area contributed by atoms with E-state index in [-0.39, 0.29) is 6.61 Å². The van der Waals surface area contributed by atoms with Gasteiger partial charge in [-0.3, -0.25) is 0 Å². The fraction of sp³-hybridized carbons (Fsp3) is 0.600. The summed E-state index contributed by atoms with van der Waals surface area (Å²) in [6, 6.07) is 6.74. The van der Waals surface area contributed by atoms with Gasteiger partial charge in [-0.25, -0.2) is 0 Å². The molecular formula is C15H23ClN2O. The Labute approximate surface area is 120 Å². The number of nitrogens with one attached hydrogen (secondary N) is 1. The van der Waals surface area contributed by atoms with Gasteiger partial charge >= 0.3 is 0 Å². The molecule has 3 nitrogen and oxygen atoms in total. The first-order chi connectivity index (χ1) is 9.24. The molecule has 2 rings (SSSR count). The van der Waals surface area contributed by atoms with Crippen LogP contribution in [0.2, 0.25) is 5.02 Å². The molecule has 1 aliphatic rings. The molecule has 1 aromatic rings. The van der Waals surface area contributed by atoms with E-state index in [2.05, 4.69) is 23.2 Å². The highest BCUT2D eigenvalue weighted by atomic mass is 35.5. The van der Waals surface area contributed by atoms with Gasteiger partial charge in [-0.15, -0.1) is 0 Å². The molecule has 0 bridgehead atoms. The number of benzene rings is 1. The second-order valence-corrected chi connectivity index (χ2v) is 5.58. The fourth-order valence-electron chi connectivity index (χ4n) is 2.27. The summed E-state index contributed by atoms with van der Waals surface area (Å²) in [6.07, 6.45) is 3.64. The average molecular weight is 283 g/mol. The van der Waals surface area contributed by atoms with Crippen LogP contribution in [0, 0.1) is 0 Å². The predicted octanol–water partition coefficient (Wildman–Crippen LogP) is 2.80. The van der Waals surface area contributed by atoms with Crippen molar-refractivity contribution in [3.63, 3.8) is 0 Å². The maximum Gasteiger partial charge on any atom is 0.0606 e.